The number of imide groups is 2. The second-order valence-corrected chi connectivity index (χ2v) is 8.02. The van der Waals surface area contributed by atoms with E-state index < -0.39 is 35.8 Å². The molecule has 32 heavy (non-hydrogen) atoms. The zero-order valence-corrected chi connectivity index (χ0v) is 17.8. The molecule has 0 fully saturated rings. The molecule has 2 aliphatic rings. The summed E-state index contributed by atoms with van der Waals surface area (Å²) in [5.74, 6) is -2.33. The fourth-order valence-corrected chi connectivity index (χ4v) is 4.35. The molecule has 0 spiro atoms. The highest BCUT2D eigenvalue weighted by atomic mass is 16.3. The third-order valence-electron chi connectivity index (χ3n) is 5.99. The minimum absolute atomic E-state index is 0.0882. The maximum absolute atomic E-state index is 13.1. The van der Waals surface area contributed by atoms with Crippen LogP contribution < -0.4 is 0 Å². The Morgan fingerprint density at radius 2 is 1.25 bits per heavy atom. The first-order valence-corrected chi connectivity index (χ1v) is 10.7. The Kier molecular flexibility index (Phi) is 5.76. The minimum Gasteiger partial charge on any atom is -0.391 e. The molecular formula is C25H24N2O5. The number of fused-ring (bicyclic) bond motifs is 2. The number of aliphatic hydroxyl groups is 1. The number of amides is 4. The van der Waals surface area contributed by atoms with Gasteiger partial charge in [0.15, 0.2) is 0 Å². The lowest BCUT2D eigenvalue weighted by molar-refractivity contribution is 0.0311. The van der Waals surface area contributed by atoms with Crippen LogP contribution in [0.5, 0.6) is 0 Å². The van der Waals surface area contributed by atoms with Gasteiger partial charge in [0.05, 0.1) is 28.4 Å². The molecule has 2 aromatic rings. The van der Waals surface area contributed by atoms with Gasteiger partial charge in [0.2, 0.25) is 0 Å². The van der Waals surface area contributed by atoms with Crippen LogP contribution in [-0.2, 0) is 0 Å². The molecule has 0 aliphatic carbocycles. The first-order valence-electron chi connectivity index (χ1n) is 10.7. The van der Waals surface area contributed by atoms with Crippen molar-refractivity contribution in [1.82, 2.24) is 9.80 Å². The van der Waals surface area contributed by atoms with E-state index in [1.807, 2.05) is 6.92 Å². The van der Waals surface area contributed by atoms with Crippen molar-refractivity contribution in [3.8, 4) is 0 Å². The summed E-state index contributed by atoms with van der Waals surface area (Å²) in [6, 6.07) is 11.5. The van der Waals surface area contributed by atoms with Crippen LogP contribution in [0.2, 0.25) is 0 Å². The van der Waals surface area contributed by atoms with Crippen molar-refractivity contribution < 1.29 is 24.3 Å². The topological polar surface area (TPSA) is 95.0 Å². The van der Waals surface area contributed by atoms with Crippen molar-refractivity contribution in [2.45, 2.75) is 44.8 Å². The smallest absolute Gasteiger partial charge is 0.265 e. The predicted octanol–water partition coefficient (Wildman–Crippen LogP) is 3.40. The molecular weight excluding hydrogens is 408 g/mol. The van der Waals surface area contributed by atoms with Gasteiger partial charge in [-0.1, -0.05) is 57.0 Å². The van der Waals surface area contributed by atoms with Gasteiger partial charge in [0, 0.05) is 5.70 Å². The lowest BCUT2D eigenvalue weighted by atomic mass is 9.99. The number of carbonyl (C=O) groups excluding carboxylic acids is 4. The van der Waals surface area contributed by atoms with Crippen LogP contribution in [-0.4, -0.2) is 50.7 Å². The van der Waals surface area contributed by atoms with Crippen LogP contribution in [0.15, 0.2) is 60.8 Å². The predicted molar refractivity (Wildman–Crippen MR) is 117 cm³/mol. The normalized spacial score (nSPS) is 16.9. The summed E-state index contributed by atoms with van der Waals surface area (Å²) in [6.07, 6.45) is 1.54. The van der Waals surface area contributed by atoms with E-state index in [1.54, 1.807) is 36.4 Å². The number of rotatable bonds is 8. The lowest BCUT2D eigenvalue weighted by Crippen LogP contribution is -2.52. The molecule has 2 heterocycles. The molecule has 0 aromatic heterocycles. The second-order valence-electron chi connectivity index (χ2n) is 8.02. The largest absolute Gasteiger partial charge is 0.391 e. The Labute approximate surface area is 185 Å². The van der Waals surface area contributed by atoms with Gasteiger partial charge in [0.25, 0.3) is 23.6 Å². The van der Waals surface area contributed by atoms with Gasteiger partial charge in [-0.2, -0.15) is 0 Å². The van der Waals surface area contributed by atoms with E-state index in [-0.39, 0.29) is 34.4 Å². The van der Waals surface area contributed by atoms with Crippen molar-refractivity contribution in [3.63, 3.8) is 0 Å². The Hall–Kier alpha value is -3.58. The van der Waals surface area contributed by atoms with Crippen molar-refractivity contribution in [2.24, 2.45) is 0 Å². The Morgan fingerprint density at radius 3 is 1.69 bits per heavy atom. The quantitative estimate of drug-likeness (QED) is 0.510. The van der Waals surface area contributed by atoms with Crippen LogP contribution in [0, 0.1) is 0 Å². The molecule has 2 unspecified atom stereocenters. The van der Waals surface area contributed by atoms with Gasteiger partial charge in [-0.25, -0.2) is 4.90 Å². The molecule has 164 valence electrons. The van der Waals surface area contributed by atoms with E-state index in [0.29, 0.717) is 6.42 Å². The first-order chi connectivity index (χ1) is 15.4. The Balaban J connectivity index is 1.72. The summed E-state index contributed by atoms with van der Waals surface area (Å²) in [4.78, 5) is 54.1. The molecule has 0 radical (unpaired) electrons. The van der Waals surface area contributed by atoms with E-state index >= 15 is 0 Å². The average Bonchev–Trinajstić information content (AvgIpc) is 3.20. The van der Waals surface area contributed by atoms with Crippen LogP contribution in [0.3, 0.4) is 0 Å². The molecule has 2 aliphatic heterocycles. The molecule has 7 heteroatoms. The van der Waals surface area contributed by atoms with Crippen molar-refractivity contribution in [2.75, 3.05) is 0 Å². The summed E-state index contributed by atoms with van der Waals surface area (Å²) >= 11 is 0. The van der Waals surface area contributed by atoms with E-state index in [9.17, 15) is 24.3 Å². The van der Waals surface area contributed by atoms with Gasteiger partial charge >= 0.3 is 0 Å². The highest BCUT2D eigenvalue weighted by Crippen LogP contribution is 2.34. The second kappa shape index (κ2) is 8.51. The number of aliphatic hydroxyl groups excluding tert-OH is 1. The number of hydrogen-bond acceptors (Lipinski definition) is 5. The SMILES string of the molecule is C=C(C(C(O)CCCCC)N1C(=O)c2ccccc2C1=O)N1C(=O)c2ccccc2C1=O. The molecule has 4 rings (SSSR count). The Morgan fingerprint density at radius 1 is 0.812 bits per heavy atom. The average molecular weight is 432 g/mol. The summed E-state index contributed by atoms with van der Waals surface area (Å²) in [5.41, 5.74) is 0.798. The number of unbranched alkanes of at least 4 members (excludes halogenated alkanes) is 2. The van der Waals surface area contributed by atoms with Crippen molar-refractivity contribution in [1.29, 1.82) is 0 Å². The number of carbonyl (C=O) groups is 4. The third-order valence-corrected chi connectivity index (χ3v) is 5.99. The van der Waals surface area contributed by atoms with Gasteiger partial charge in [-0.15, -0.1) is 0 Å². The fraction of sp³-hybridized carbons (Fsp3) is 0.280. The van der Waals surface area contributed by atoms with Gasteiger partial charge < -0.3 is 5.11 Å². The summed E-state index contributed by atoms with van der Waals surface area (Å²) in [6.45, 7) is 5.94. The molecule has 2 atom stereocenters. The van der Waals surface area contributed by atoms with Gasteiger partial charge in [-0.3, -0.25) is 24.1 Å². The summed E-state index contributed by atoms with van der Waals surface area (Å²) in [7, 11) is 0. The monoisotopic (exact) mass is 432 g/mol. The molecule has 2 aromatic carbocycles. The van der Waals surface area contributed by atoms with Crippen LogP contribution in [0.4, 0.5) is 0 Å². The maximum Gasteiger partial charge on any atom is 0.265 e. The highest BCUT2D eigenvalue weighted by Gasteiger charge is 2.48. The number of benzene rings is 2. The van der Waals surface area contributed by atoms with Crippen molar-refractivity contribution in [3.05, 3.63) is 83.1 Å². The van der Waals surface area contributed by atoms with E-state index in [1.165, 1.54) is 12.1 Å². The summed E-state index contributed by atoms with van der Waals surface area (Å²) < 4.78 is 0. The first kappa shape index (κ1) is 21.6. The molecule has 1 N–H and O–H groups in total. The van der Waals surface area contributed by atoms with Crippen LogP contribution in [0.25, 0.3) is 0 Å². The zero-order chi connectivity index (χ0) is 23.0. The van der Waals surface area contributed by atoms with Crippen LogP contribution >= 0.6 is 0 Å². The van der Waals surface area contributed by atoms with E-state index in [2.05, 4.69) is 6.58 Å². The van der Waals surface area contributed by atoms with Crippen molar-refractivity contribution >= 4 is 23.6 Å². The van der Waals surface area contributed by atoms with Gasteiger partial charge in [0.1, 0.15) is 6.04 Å². The molecule has 0 saturated heterocycles. The maximum atomic E-state index is 13.1. The number of nitrogens with zero attached hydrogens (tertiary/aromatic N) is 2. The molecule has 0 saturated carbocycles. The summed E-state index contributed by atoms with van der Waals surface area (Å²) in [5, 5.41) is 11.1. The zero-order valence-electron chi connectivity index (χ0n) is 17.8. The number of hydrogen-bond donors (Lipinski definition) is 1. The van der Waals surface area contributed by atoms with E-state index in [0.717, 1.165) is 22.6 Å². The fourth-order valence-electron chi connectivity index (χ4n) is 4.35. The lowest BCUT2D eigenvalue weighted by Gasteiger charge is -2.34. The standard InChI is InChI=1S/C25H24N2O5/c1-3-4-5-14-20(28)21(27-24(31)18-12-8-9-13-19(18)25(27)32)15(2)26-22(29)16-10-6-7-11-17(16)23(26)30/h6-13,20-21,28H,2-5,14H2,1H3. The third kappa shape index (κ3) is 3.35. The van der Waals surface area contributed by atoms with Crippen LogP contribution in [0.1, 0.15) is 74.0 Å². The van der Waals surface area contributed by atoms with Gasteiger partial charge in [-0.05, 0) is 30.7 Å². The molecule has 7 nitrogen and oxygen atoms in total. The van der Waals surface area contributed by atoms with E-state index in [4.69, 9.17) is 0 Å². The molecule has 0 bridgehead atoms. The Bertz CT molecular complexity index is 1070. The molecule has 4 amide bonds. The highest BCUT2D eigenvalue weighted by molar-refractivity contribution is 6.24. The minimum atomic E-state index is -1.25.